The van der Waals surface area contributed by atoms with Gasteiger partial charge in [-0.25, -0.2) is 0 Å². The van der Waals surface area contributed by atoms with Gasteiger partial charge in [-0.1, -0.05) is 0 Å². The van der Waals surface area contributed by atoms with Crippen molar-refractivity contribution < 1.29 is 14.8 Å². The number of carboxylic acid groups (broad SMARTS) is 1. The molecule has 0 bridgehead atoms. The van der Waals surface area contributed by atoms with Crippen LogP contribution in [0.15, 0.2) is 18.3 Å². The third-order valence-corrected chi connectivity index (χ3v) is 2.85. The number of hydrogen-bond donors (Lipinski definition) is 3. The molecule has 4 N–H and O–H groups in total. The van der Waals surface area contributed by atoms with E-state index in [4.69, 9.17) is 10.8 Å². The fourth-order valence-electron chi connectivity index (χ4n) is 1.91. The van der Waals surface area contributed by atoms with Gasteiger partial charge in [-0.15, -0.1) is 0 Å². The molecule has 1 unspecified atom stereocenters. The van der Waals surface area contributed by atoms with Crippen LogP contribution >= 0.6 is 0 Å². The Bertz CT molecular complexity index is 647. The standard InChI is InChI=1S/C11H11N3O4/c1-5(11(15)16)7-4-13-8-2-6(12)3-9(10(7)8)14(17)18/h2-5,13H,12H2,1H3,(H,15,16). The summed E-state index contributed by atoms with van der Waals surface area (Å²) in [6, 6.07) is 2.77. The van der Waals surface area contributed by atoms with E-state index in [9.17, 15) is 14.9 Å². The molecule has 1 aromatic heterocycles. The Morgan fingerprint density at radius 1 is 1.56 bits per heavy atom. The summed E-state index contributed by atoms with van der Waals surface area (Å²) in [7, 11) is 0. The molecule has 0 saturated heterocycles. The fourth-order valence-corrected chi connectivity index (χ4v) is 1.91. The van der Waals surface area contributed by atoms with Crippen molar-refractivity contribution in [3.8, 4) is 0 Å². The number of fused-ring (bicyclic) bond motifs is 1. The monoisotopic (exact) mass is 249 g/mol. The summed E-state index contributed by atoms with van der Waals surface area (Å²) in [4.78, 5) is 24.2. The minimum Gasteiger partial charge on any atom is -0.481 e. The number of nitrogens with zero attached hydrogens (tertiary/aromatic N) is 1. The van der Waals surface area contributed by atoms with Crippen molar-refractivity contribution in [1.82, 2.24) is 4.98 Å². The summed E-state index contributed by atoms with van der Waals surface area (Å²) in [5.41, 5.74) is 6.48. The molecule has 7 nitrogen and oxygen atoms in total. The minimum absolute atomic E-state index is 0.186. The Balaban J connectivity index is 2.78. The van der Waals surface area contributed by atoms with Crippen LogP contribution in [0, 0.1) is 10.1 Å². The highest BCUT2D eigenvalue weighted by molar-refractivity contribution is 5.97. The fraction of sp³-hybridized carbons (Fsp3) is 0.182. The number of nitrogens with one attached hydrogen (secondary N) is 1. The van der Waals surface area contributed by atoms with Crippen LogP contribution in [0.25, 0.3) is 10.9 Å². The molecule has 0 amide bonds. The Morgan fingerprint density at radius 3 is 2.78 bits per heavy atom. The van der Waals surface area contributed by atoms with E-state index >= 15 is 0 Å². The zero-order valence-corrected chi connectivity index (χ0v) is 9.51. The third kappa shape index (κ3) is 1.75. The molecule has 1 aromatic carbocycles. The number of carboxylic acids is 1. The SMILES string of the molecule is CC(C(=O)O)c1c[nH]c2cc(N)cc([N+](=O)[O-])c12. The maximum Gasteiger partial charge on any atom is 0.310 e. The van der Waals surface area contributed by atoms with Crippen LogP contribution < -0.4 is 5.73 Å². The zero-order chi connectivity index (χ0) is 13.4. The number of aliphatic carboxylic acids is 1. The number of carbonyl (C=O) groups is 1. The molecule has 94 valence electrons. The maximum atomic E-state index is 11.0. The van der Waals surface area contributed by atoms with E-state index in [2.05, 4.69) is 4.98 Å². The molecule has 0 fully saturated rings. The molecule has 1 atom stereocenters. The summed E-state index contributed by atoms with van der Waals surface area (Å²) in [6.07, 6.45) is 1.47. The average molecular weight is 249 g/mol. The van der Waals surface area contributed by atoms with E-state index in [1.807, 2.05) is 0 Å². The van der Waals surface area contributed by atoms with Crippen LogP contribution in [0.5, 0.6) is 0 Å². The molecule has 0 spiro atoms. The van der Waals surface area contributed by atoms with Gasteiger partial charge in [0, 0.05) is 18.0 Å². The van der Waals surface area contributed by atoms with Crippen LogP contribution in [0.3, 0.4) is 0 Å². The predicted molar refractivity (Wildman–Crippen MR) is 65.4 cm³/mol. The zero-order valence-electron chi connectivity index (χ0n) is 9.51. The second-order valence-electron chi connectivity index (χ2n) is 4.02. The van der Waals surface area contributed by atoms with Gasteiger partial charge in [-0.05, 0) is 18.6 Å². The van der Waals surface area contributed by atoms with Crippen LogP contribution in [0.2, 0.25) is 0 Å². The lowest BCUT2D eigenvalue weighted by Crippen LogP contribution is -2.07. The van der Waals surface area contributed by atoms with Gasteiger partial charge in [0.2, 0.25) is 0 Å². The van der Waals surface area contributed by atoms with Crippen LogP contribution in [0.1, 0.15) is 18.4 Å². The molecule has 2 rings (SSSR count). The number of hydrogen-bond acceptors (Lipinski definition) is 4. The van der Waals surface area contributed by atoms with Gasteiger partial charge in [0.15, 0.2) is 0 Å². The first-order valence-corrected chi connectivity index (χ1v) is 5.19. The number of benzene rings is 1. The van der Waals surface area contributed by atoms with E-state index in [1.165, 1.54) is 19.2 Å². The minimum atomic E-state index is -1.04. The van der Waals surface area contributed by atoms with E-state index in [0.29, 0.717) is 16.5 Å². The normalized spacial score (nSPS) is 12.5. The Hall–Kier alpha value is -2.57. The quantitative estimate of drug-likeness (QED) is 0.435. The second-order valence-corrected chi connectivity index (χ2v) is 4.02. The van der Waals surface area contributed by atoms with Gasteiger partial charge in [-0.2, -0.15) is 0 Å². The van der Waals surface area contributed by atoms with Crippen molar-refractivity contribution in [1.29, 1.82) is 0 Å². The van der Waals surface area contributed by atoms with Gasteiger partial charge in [0.25, 0.3) is 5.69 Å². The number of nitro benzene ring substituents is 1. The number of nitrogen functional groups attached to an aromatic ring is 1. The molecule has 0 radical (unpaired) electrons. The number of aromatic amines is 1. The number of rotatable bonds is 3. The smallest absolute Gasteiger partial charge is 0.310 e. The summed E-state index contributed by atoms with van der Waals surface area (Å²) in [5, 5.41) is 20.3. The van der Waals surface area contributed by atoms with Gasteiger partial charge in [-0.3, -0.25) is 14.9 Å². The molecule has 7 heteroatoms. The topological polar surface area (TPSA) is 122 Å². The van der Waals surface area contributed by atoms with Crippen LogP contribution in [0.4, 0.5) is 11.4 Å². The van der Waals surface area contributed by atoms with Gasteiger partial charge >= 0.3 is 5.97 Å². The van der Waals surface area contributed by atoms with Crippen LogP contribution in [-0.4, -0.2) is 21.0 Å². The Kier molecular flexibility index (Phi) is 2.66. The number of anilines is 1. The Morgan fingerprint density at radius 2 is 2.22 bits per heavy atom. The molecule has 1 heterocycles. The number of nitrogens with two attached hydrogens (primary N) is 1. The van der Waals surface area contributed by atoms with E-state index in [1.54, 1.807) is 6.07 Å². The lowest BCUT2D eigenvalue weighted by molar-refractivity contribution is -0.383. The maximum absolute atomic E-state index is 11.0. The van der Waals surface area contributed by atoms with Gasteiger partial charge < -0.3 is 15.8 Å². The number of non-ortho nitro benzene ring substituents is 1. The Labute approximate surface area is 101 Å². The highest BCUT2D eigenvalue weighted by Gasteiger charge is 2.24. The van der Waals surface area contributed by atoms with Crippen molar-refractivity contribution >= 4 is 28.2 Å². The molecule has 18 heavy (non-hydrogen) atoms. The molecule has 0 aliphatic rings. The van der Waals surface area contributed by atoms with E-state index in [0.717, 1.165) is 0 Å². The lowest BCUT2D eigenvalue weighted by atomic mass is 9.99. The average Bonchev–Trinajstić information content (AvgIpc) is 2.69. The first-order chi connectivity index (χ1) is 8.41. The molecular formula is C11H11N3O4. The number of H-pyrrole nitrogens is 1. The first kappa shape index (κ1) is 11.9. The van der Waals surface area contributed by atoms with Crippen molar-refractivity contribution in [3.63, 3.8) is 0 Å². The van der Waals surface area contributed by atoms with Gasteiger partial charge in [0.05, 0.1) is 21.7 Å². The van der Waals surface area contributed by atoms with E-state index in [-0.39, 0.29) is 11.4 Å². The number of aromatic nitrogens is 1. The summed E-state index contributed by atoms with van der Waals surface area (Å²) in [6.45, 7) is 1.48. The number of nitro groups is 1. The van der Waals surface area contributed by atoms with Crippen LogP contribution in [-0.2, 0) is 4.79 Å². The molecule has 0 aliphatic heterocycles. The molecule has 0 saturated carbocycles. The highest BCUT2D eigenvalue weighted by atomic mass is 16.6. The molecular weight excluding hydrogens is 238 g/mol. The highest BCUT2D eigenvalue weighted by Crippen LogP contribution is 2.34. The van der Waals surface area contributed by atoms with E-state index < -0.39 is 16.8 Å². The first-order valence-electron chi connectivity index (χ1n) is 5.19. The summed E-state index contributed by atoms with van der Waals surface area (Å²) in [5.74, 6) is -1.87. The third-order valence-electron chi connectivity index (χ3n) is 2.85. The molecule has 2 aromatic rings. The lowest BCUT2D eigenvalue weighted by Gasteiger charge is -2.05. The van der Waals surface area contributed by atoms with Crippen molar-refractivity contribution in [2.45, 2.75) is 12.8 Å². The summed E-state index contributed by atoms with van der Waals surface area (Å²) >= 11 is 0. The van der Waals surface area contributed by atoms with Crippen molar-refractivity contribution in [2.24, 2.45) is 0 Å². The molecule has 0 aliphatic carbocycles. The van der Waals surface area contributed by atoms with Crippen molar-refractivity contribution in [3.05, 3.63) is 34.0 Å². The second kappa shape index (κ2) is 4.02. The summed E-state index contributed by atoms with van der Waals surface area (Å²) < 4.78 is 0. The largest absolute Gasteiger partial charge is 0.481 e. The predicted octanol–water partition coefficient (Wildman–Crippen LogP) is 1.85. The van der Waals surface area contributed by atoms with Gasteiger partial charge in [0.1, 0.15) is 0 Å². The van der Waals surface area contributed by atoms with Crippen molar-refractivity contribution in [2.75, 3.05) is 5.73 Å².